The van der Waals surface area contributed by atoms with Crippen molar-refractivity contribution in [2.75, 3.05) is 0 Å². The van der Waals surface area contributed by atoms with Crippen molar-refractivity contribution in [3.63, 3.8) is 0 Å². The van der Waals surface area contributed by atoms with E-state index in [9.17, 15) is 0 Å². The molecule has 1 unspecified atom stereocenters. The quantitative estimate of drug-likeness (QED) is 0.748. The van der Waals surface area contributed by atoms with Crippen LogP contribution in [0.25, 0.3) is 10.8 Å². The van der Waals surface area contributed by atoms with Crippen molar-refractivity contribution >= 4 is 26.7 Å². The Bertz CT molecular complexity index is 512. The minimum absolute atomic E-state index is 0.170. The third-order valence-corrected chi connectivity index (χ3v) is 3.53. The van der Waals surface area contributed by atoms with Crippen LogP contribution in [0.1, 0.15) is 32.8 Å². The Kier molecular flexibility index (Phi) is 3.53. The molecule has 0 N–H and O–H groups in total. The smallest absolute Gasteiger partial charge is 0.0346 e. The molecule has 2 rings (SSSR count). The molecule has 0 radical (unpaired) electrons. The van der Waals surface area contributed by atoms with Gasteiger partial charge in [-0.15, -0.1) is 0 Å². The molecule has 1 heterocycles. The lowest BCUT2D eigenvalue weighted by molar-refractivity contribution is 0.486. The highest BCUT2D eigenvalue weighted by Crippen LogP contribution is 2.34. The molecule has 1 nitrogen and oxygen atoms in total. The van der Waals surface area contributed by atoms with Crippen LogP contribution in [0.3, 0.4) is 0 Å². The Morgan fingerprint density at radius 3 is 2.76 bits per heavy atom. The number of pyridine rings is 1. The van der Waals surface area contributed by atoms with Gasteiger partial charge in [0.1, 0.15) is 0 Å². The van der Waals surface area contributed by atoms with Crippen LogP contribution in [-0.4, -0.2) is 9.81 Å². The summed E-state index contributed by atoms with van der Waals surface area (Å²) in [7, 11) is 0. The summed E-state index contributed by atoms with van der Waals surface area (Å²) in [6.07, 6.45) is 4.93. The third-order valence-electron chi connectivity index (χ3n) is 3.20. The third kappa shape index (κ3) is 2.68. The number of fused-ring (bicyclic) bond motifs is 1. The molecule has 1 aromatic carbocycles. The fraction of sp³-hybridized carbons (Fsp3) is 0.400. The zero-order valence-electron chi connectivity index (χ0n) is 10.6. The standard InChI is InChI=1S/C15H18BrN/c1-11(16)9-15(2,3)14-6-4-5-12-10-17-8-7-13(12)14/h4-8,10-11H,9H2,1-3H3. The lowest BCUT2D eigenvalue weighted by Crippen LogP contribution is -2.21. The maximum Gasteiger partial charge on any atom is 0.0346 e. The summed E-state index contributed by atoms with van der Waals surface area (Å²) >= 11 is 3.66. The van der Waals surface area contributed by atoms with E-state index >= 15 is 0 Å². The predicted molar refractivity (Wildman–Crippen MR) is 77.8 cm³/mol. The second-order valence-electron chi connectivity index (χ2n) is 5.27. The number of aromatic nitrogens is 1. The fourth-order valence-corrected chi connectivity index (χ4v) is 3.34. The van der Waals surface area contributed by atoms with Crippen LogP contribution in [-0.2, 0) is 5.41 Å². The Balaban J connectivity index is 2.55. The van der Waals surface area contributed by atoms with E-state index in [4.69, 9.17) is 0 Å². The molecule has 1 aromatic heterocycles. The molecule has 0 saturated carbocycles. The number of alkyl halides is 1. The van der Waals surface area contributed by atoms with Crippen LogP contribution in [0.4, 0.5) is 0 Å². The van der Waals surface area contributed by atoms with Crippen LogP contribution in [0.5, 0.6) is 0 Å². The van der Waals surface area contributed by atoms with Gasteiger partial charge in [-0.3, -0.25) is 4.98 Å². The van der Waals surface area contributed by atoms with E-state index in [0.29, 0.717) is 4.83 Å². The summed E-state index contributed by atoms with van der Waals surface area (Å²) < 4.78 is 0. The van der Waals surface area contributed by atoms with E-state index in [1.54, 1.807) is 0 Å². The van der Waals surface area contributed by atoms with Crippen molar-refractivity contribution in [3.8, 4) is 0 Å². The van der Waals surface area contributed by atoms with Crippen LogP contribution in [0.15, 0.2) is 36.7 Å². The van der Waals surface area contributed by atoms with Crippen molar-refractivity contribution in [1.82, 2.24) is 4.98 Å². The van der Waals surface area contributed by atoms with Crippen LogP contribution in [0.2, 0.25) is 0 Å². The highest BCUT2D eigenvalue weighted by atomic mass is 79.9. The highest BCUT2D eigenvalue weighted by molar-refractivity contribution is 9.09. The van der Waals surface area contributed by atoms with Crippen LogP contribution < -0.4 is 0 Å². The van der Waals surface area contributed by atoms with E-state index in [2.05, 4.69) is 66.0 Å². The van der Waals surface area contributed by atoms with Gasteiger partial charge in [0.05, 0.1) is 0 Å². The molecule has 2 heteroatoms. The van der Waals surface area contributed by atoms with Crippen molar-refractivity contribution in [2.24, 2.45) is 0 Å². The Labute approximate surface area is 111 Å². The van der Waals surface area contributed by atoms with E-state index in [-0.39, 0.29) is 5.41 Å². The van der Waals surface area contributed by atoms with Gasteiger partial charge in [-0.1, -0.05) is 54.9 Å². The largest absolute Gasteiger partial charge is 0.264 e. The minimum atomic E-state index is 0.170. The molecule has 0 saturated heterocycles. The Hall–Kier alpha value is -0.890. The Morgan fingerprint density at radius 2 is 2.06 bits per heavy atom. The average Bonchev–Trinajstić information content (AvgIpc) is 2.26. The van der Waals surface area contributed by atoms with Gasteiger partial charge in [-0.2, -0.15) is 0 Å². The van der Waals surface area contributed by atoms with E-state index in [0.717, 1.165) is 6.42 Å². The first kappa shape index (κ1) is 12.6. The van der Waals surface area contributed by atoms with Gasteiger partial charge >= 0.3 is 0 Å². The van der Waals surface area contributed by atoms with Gasteiger partial charge in [0, 0.05) is 22.6 Å². The molecular formula is C15H18BrN. The molecule has 0 spiro atoms. The average molecular weight is 292 g/mol. The highest BCUT2D eigenvalue weighted by Gasteiger charge is 2.24. The summed E-state index contributed by atoms with van der Waals surface area (Å²) in [5, 5.41) is 2.54. The van der Waals surface area contributed by atoms with Crippen LogP contribution in [0, 0.1) is 0 Å². The van der Waals surface area contributed by atoms with Gasteiger partial charge < -0.3 is 0 Å². The van der Waals surface area contributed by atoms with Gasteiger partial charge in [-0.25, -0.2) is 0 Å². The van der Waals surface area contributed by atoms with Crippen molar-refractivity contribution in [3.05, 3.63) is 42.2 Å². The van der Waals surface area contributed by atoms with Crippen molar-refractivity contribution in [1.29, 1.82) is 0 Å². The van der Waals surface area contributed by atoms with Gasteiger partial charge in [0.25, 0.3) is 0 Å². The number of hydrogen-bond acceptors (Lipinski definition) is 1. The second-order valence-corrected chi connectivity index (χ2v) is 6.83. The zero-order valence-corrected chi connectivity index (χ0v) is 12.2. The van der Waals surface area contributed by atoms with E-state index < -0.39 is 0 Å². The minimum Gasteiger partial charge on any atom is -0.264 e. The molecule has 1 atom stereocenters. The van der Waals surface area contributed by atoms with E-state index in [1.807, 2.05) is 12.4 Å². The normalized spacial score (nSPS) is 13.9. The topological polar surface area (TPSA) is 12.9 Å². The van der Waals surface area contributed by atoms with Crippen molar-refractivity contribution < 1.29 is 0 Å². The lowest BCUT2D eigenvalue weighted by Gasteiger charge is -2.28. The molecule has 0 aliphatic rings. The SMILES string of the molecule is CC(Br)CC(C)(C)c1cccc2cnccc12. The molecule has 0 aliphatic carbocycles. The Morgan fingerprint density at radius 1 is 1.29 bits per heavy atom. The second kappa shape index (κ2) is 4.77. The lowest BCUT2D eigenvalue weighted by atomic mass is 9.78. The maximum absolute atomic E-state index is 4.19. The molecule has 0 bridgehead atoms. The number of rotatable bonds is 3. The van der Waals surface area contributed by atoms with Gasteiger partial charge in [0.2, 0.25) is 0 Å². The van der Waals surface area contributed by atoms with Crippen molar-refractivity contribution in [2.45, 2.75) is 37.4 Å². The number of hydrogen-bond donors (Lipinski definition) is 0. The molecule has 0 fully saturated rings. The van der Waals surface area contributed by atoms with Gasteiger partial charge in [-0.05, 0) is 28.9 Å². The first-order valence-electron chi connectivity index (χ1n) is 5.98. The molecule has 90 valence electrons. The summed E-state index contributed by atoms with van der Waals surface area (Å²) in [5.74, 6) is 0. The predicted octanol–water partition coefficient (Wildman–Crippen LogP) is 4.69. The number of benzene rings is 1. The maximum atomic E-state index is 4.19. The van der Waals surface area contributed by atoms with E-state index in [1.165, 1.54) is 16.3 Å². The first-order valence-corrected chi connectivity index (χ1v) is 6.89. The molecular weight excluding hydrogens is 274 g/mol. The molecule has 0 aliphatic heterocycles. The number of halogens is 1. The fourth-order valence-electron chi connectivity index (χ4n) is 2.53. The molecule has 0 amide bonds. The first-order chi connectivity index (χ1) is 8.00. The monoisotopic (exact) mass is 291 g/mol. The molecule has 17 heavy (non-hydrogen) atoms. The summed E-state index contributed by atoms with van der Waals surface area (Å²) in [6.45, 7) is 6.81. The number of nitrogens with zero attached hydrogens (tertiary/aromatic N) is 1. The summed E-state index contributed by atoms with van der Waals surface area (Å²) in [5.41, 5.74) is 1.58. The molecule has 2 aromatic rings. The summed E-state index contributed by atoms with van der Waals surface area (Å²) in [6, 6.07) is 8.60. The van der Waals surface area contributed by atoms with Gasteiger partial charge in [0.15, 0.2) is 0 Å². The summed E-state index contributed by atoms with van der Waals surface area (Å²) in [4.78, 5) is 4.71. The zero-order chi connectivity index (χ0) is 12.5. The van der Waals surface area contributed by atoms with Crippen LogP contribution >= 0.6 is 15.9 Å².